The number of amides is 1. The van der Waals surface area contributed by atoms with Gasteiger partial charge in [-0.2, -0.15) is 0 Å². The zero-order chi connectivity index (χ0) is 17.5. The van der Waals surface area contributed by atoms with Gasteiger partial charge in [-0.25, -0.2) is 0 Å². The minimum atomic E-state index is -0.247. The van der Waals surface area contributed by atoms with Crippen LogP contribution in [0.1, 0.15) is 18.1 Å². The molecule has 6 heteroatoms. The molecule has 0 saturated heterocycles. The van der Waals surface area contributed by atoms with Gasteiger partial charge in [0.1, 0.15) is 0 Å². The summed E-state index contributed by atoms with van der Waals surface area (Å²) >= 11 is 2.10. The van der Waals surface area contributed by atoms with Crippen LogP contribution in [-0.2, 0) is 11.4 Å². The van der Waals surface area contributed by atoms with Gasteiger partial charge in [-0.1, -0.05) is 17.7 Å². The Morgan fingerprint density at radius 2 is 1.92 bits per heavy atom. The van der Waals surface area contributed by atoms with E-state index >= 15 is 0 Å². The number of carbonyl (C=O) groups is 1. The Kier molecular flexibility index (Phi) is 6.86. The first-order valence-electron chi connectivity index (χ1n) is 7.59. The molecule has 0 aromatic heterocycles. The van der Waals surface area contributed by atoms with Crippen molar-refractivity contribution in [1.82, 2.24) is 0 Å². The molecule has 0 aliphatic rings. The summed E-state index contributed by atoms with van der Waals surface area (Å²) in [5, 5.41) is 12.1. The van der Waals surface area contributed by atoms with E-state index in [1.165, 1.54) is 0 Å². The van der Waals surface area contributed by atoms with Crippen LogP contribution in [0.5, 0.6) is 11.5 Å². The maximum atomic E-state index is 12.1. The largest absolute Gasteiger partial charge is 0.490 e. The molecule has 128 valence electrons. The molecule has 2 rings (SSSR count). The number of aliphatic hydroxyl groups is 1. The minimum Gasteiger partial charge on any atom is -0.490 e. The van der Waals surface area contributed by atoms with Gasteiger partial charge in [0.15, 0.2) is 18.1 Å². The van der Waals surface area contributed by atoms with Crippen molar-refractivity contribution in [3.8, 4) is 11.5 Å². The smallest absolute Gasteiger partial charge is 0.262 e. The van der Waals surface area contributed by atoms with E-state index in [1.54, 1.807) is 12.1 Å². The van der Waals surface area contributed by atoms with Gasteiger partial charge in [-0.05, 0) is 66.3 Å². The van der Waals surface area contributed by atoms with Gasteiger partial charge in [-0.15, -0.1) is 0 Å². The summed E-state index contributed by atoms with van der Waals surface area (Å²) in [7, 11) is 0. The molecule has 2 aromatic rings. The lowest BCUT2D eigenvalue weighted by Crippen LogP contribution is -2.20. The average molecular weight is 441 g/mol. The molecule has 0 aliphatic heterocycles. The molecule has 0 saturated carbocycles. The molecule has 24 heavy (non-hydrogen) atoms. The fourth-order valence-corrected chi connectivity index (χ4v) is 2.91. The van der Waals surface area contributed by atoms with Gasteiger partial charge in [0.05, 0.1) is 16.8 Å². The van der Waals surface area contributed by atoms with Crippen LogP contribution < -0.4 is 14.8 Å². The Morgan fingerprint density at radius 3 is 2.54 bits per heavy atom. The monoisotopic (exact) mass is 441 g/mol. The van der Waals surface area contributed by atoms with Gasteiger partial charge >= 0.3 is 0 Å². The Bertz CT molecular complexity index is 701. The van der Waals surface area contributed by atoms with Gasteiger partial charge in [0.25, 0.3) is 5.91 Å². The highest BCUT2D eigenvalue weighted by Crippen LogP contribution is 2.34. The van der Waals surface area contributed by atoms with E-state index in [9.17, 15) is 9.90 Å². The molecule has 0 unspecified atom stereocenters. The molecule has 1 amide bonds. The number of hydrogen-bond donors (Lipinski definition) is 2. The number of hydrogen-bond acceptors (Lipinski definition) is 4. The third-order valence-electron chi connectivity index (χ3n) is 3.23. The SMILES string of the molecule is CCOc1cc(CO)cc(I)c1OCC(=O)Nc1ccc(C)cc1. The summed E-state index contributed by atoms with van der Waals surface area (Å²) in [4.78, 5) is 12.1. The van der Waals surface area contributed by atoms with E-state index in [0.29, 0.717) is 18.1 Å². The average Bonchev–Trinajstić information content (AvgIpc) is 2.56. The normalized spacial score (nSPS) is 10.3. The second-order valence-electron chi connectivity index (χ2n) is 5.20. The molecule has 0 fully saturated rings. The Morgan fingerprint density at radius 1 is 1.21 bits per heavy atom. The lowest BCUT2D eigenvalue weighted by atomic mass is 10.2. The molecular formula is C18H20INO4. The maximum absolute atomic E-state index is 12.1. The first-order chi connectivity index (χ1) is 11.5. The van der Waals surface area contributed by atoms with Crippen molar-refractivity contribution in [2.75, 3.05) is 18.5 Å². The molecule has 2 aromatic carbocycles. The lowest BCUT2D eigenvalue weighted by Gasteiger charge is -2.15. The zero-order valence-corrected chi connectivity index (χ0v) is 15.8. The summed E-state index contributed by atoms with van der Waals surface area (Å²) < 4.78 is 12.0. The summed E-state index contributed by atoms with van der Waals surface area (Å²) in [6, 6.07) is 11.1. The number of halogens is 1. The van der Waals surface area contributed by atoms with Gasteiger partial charge < -0.3 is 19.9 Å². The Hall–Kier alpha value is -1.80. The highest BCUT2D eigenvalue weighted by Gasteiger charge is 2.14. The fourth-order valence-electron chi connectivity index (χ4n) is 2.09. The quantitative estimate of drug-likeness (QED) is 0.646. The predicted molar refractivity (Wildman–Crippen MR) is 102 cm³/mol. The van der Waals surface area contributed by atoms with E-state index in [4.69, 9.17) is 9.47 Å². The van der Waals surface area contributed by atoms with Crippen LogP contribution >= 0.6 is 22.6 Å². The standard InChI is InChI=1S/C18H20INO4/c1-3-23-16-9-13(10-21)8-15(19)18(16)24-11-17(22)20-14-6-4-12(2)5-7-14/h4-9,21H,3,10-11H2,1-2H3,(H,20,22). The lowest BCUT2D eigenvalue weighted by molar-refractivity contribution is -0.118. The van der Waals surface area contributed by atoms with E-state index in [1.807, 2.05) is 38.1 Å². The van der Waals surface area contributed by atoms with Crippen LogP contribution in [0.15, 0.2) is 36.4 Å². The van der Waals surface area contributed by atoms with E-state index in [0.717, 1.165) is 20.4 Å². The molecule has 0 radical (unpaired) electrons. The first-order valence-corrected chi connectivity index (χ1v) is 8.66. The highest BCUT2D eigenvalue weighted by atomic mass is 127. The maximum Gasteiger partial charge on any atom is 0.262 e. The van der Waals surface area contributed by atoms with Gasteiger partial charge in [0, 0.05) is 5.69 Å². The number of aliphatic hydroxyl groups excluding tert-OH is 1. The van der Waals surface area contributed by atoms with Crippen molar-refractivity contribution in [1.29, 1.82) is 0 Å². The molecular weight excluding hydrogens is 421 g/mol. The van der Waals surface area contributed by atoms with Crippen molar-refractivity contribution >= 4 is 34.2 Å². The third kappa shape index (κ3) is 5.10. The van der Waals surface area contributed by atoms with E-state index in [2.05, 4.69) is 27.9 Å². The number of nitrogens with one attached hydrogen (secondary N) is 1. The minimum absolute atomic E-state index is 0.0791. The van der Waals surface area contributed by atoms with Crippen LogP contribution in [0.4, 0.5) is 5.69 Å². The molecule has 0 aliphatic carbocycles. The number of rotatable bonds is 7. The zero-order valence-electron chi connectivity index (χ0n) is 13.6. The van der Waals surface area contributed by atoms with Crippen molar-refractivity contribution in [2.45, 2.75) is 20.5 Å². The fraction of sp³-hybridized carbons (Fsp3) is 0.278. The molecule has 5 nitrogen and oxygen atoms in total. The summed E-state index contributed by atoms with van der Waals surface area (Å²) in [6.07, 6.45) is 0. The van der Waals surface area contributed by atoms with Crippen LogP contribution in [0.3, 0.4) is 0 Å². The number of carbonyl (C=O) groups excluding carboxylic acids is 1. The van der Waals surface area contributed by atoms with Crippen molar-refractivity contribution in [3.05, 3.63) is 51.1 Å². The van der Waals surface area contributed by atoms with Crippen molar-refractivity contribution in [3.63, 3.8) is 0 Å². The molecule has 0 heterocycles. The summed E-state index contributed by atoms with van der Waals surface area (Å²) in [5.41, 5.74) is 2.59. The number of ether oxygens (including phenoxy) is 2. The third-order valence-corrected chi connectivity index (χ3v) is 4.04. The molecule has 2 N–H and O–H groups in total. The van der Waals surface area contributed by atoms with Crippen LogP contribution in [0, 0.1) is 10.5 Å². The predicted octanol–water partition coefficient (Wildman–Crippen LogP) is 3.51. The number of anilines is 1. The van der Waals surface area contributed by atoms with Crippen molar-refractivity contribution in [2.24, 2.45) is 0 Å². The summed E-state index contributed by atoms with van der Waals surface area (Å²) in [5.74, 6) is 0.786. The molecule has 0 spiro atoms. The number of benzene rings is 2. The van der Waals surface area contributed by atoms with E-state index < -0.39 is 0 Å². The Labute approximate surface area is 155 Å². The van der Waals surface area contributed by atoms with Crippen LogP contribution in [0.2, 0.25) is 0 Å². The van der Waals surface area contributed by atoms with Gasteiger partial charge in [-0.3, -0.25) is 4.79 Å². The Balaban J connectivity index is 2.04. The van der Waals surface area contributed by atoms with E-state index in [-0.39, 0.29) is 19.1 Å². The highest BCUT2D eigenvalue weighted by molar-refractivity contribution is 14.1. The topological polar surface area (TPSA) is 67.8 Å². The van der Waals surface area contributed by atoms with Gasteiger partial charge in [0.2, 0.25) is 0 Å². The second-order valence-corrected chi connectivity index (χ2v) is 6.36. The number of aryl methyl sites for hydroxylation is 1. The molecule has 0 bridgehead atoms. The first kappa shape index (κ1) is 18.5. The second kappa shape index (κ2) is 8.89. The molecule has 0 atom stereocenters. The van der Waals surface area contributed by atoms with Crippen molar-refractivity contribution < 1.29 is 19.4 Å². The van der Waals surface area contributed by atoms with Crippen LogP contribution in [-0.4, -0.2) is 24.2 Å². The van der Waals surface area contributed by atoms with Crippen LogP contribution in [0.25, 0.3) is 0 Å². The summed E-state index contributed by atoms with van der Waals surface area (Å²) in [6.45, 7) is 4.12.